The minimum absolute atomic E-state index is 0.0897. The molecule has 2 nitrogen and oxygen atoms in total. The summed E-state index contributed by atoms with van der Waals surface area (Å²) in [6, 6.07) is 6.53. The second-order valence-corrected chi connectivity index (χ2v) is 4.01. The molecule has 1 fully saturated rings. The quantitative estimate of drug-likeness (QED) is 0.829. The Bertz CT molecular complexity index is 329. The number of para-hydroxylation sites is 1. The highest BCUT2D eigenvalue weighted by atomic mass is 19.1. The first kappa shape index (κ1) is 10.4. The van der Waals surface area contributed by atoms with E-state index >= 15 is 0 Å². The van der Waals surface area contributed by atoms with E-state index < -0.39 is 0 Å². The van der Waals surface area contributed by atoms with E-state index in [0.29, 0.717) is 18.2 Å². The Morgan fingerprint density at radius 2 is 2.13 bits per heavy atom. The largest absolute Gasteiger partial charge is 0.487 e. The van der Waals surface area contributed by atoms with Gasteiger partial charge in [0.05, 0.1) is 0 Å². The van der Waals surface area contributed by atoms with Gasteiger partial charge in [-0.3, -0.25) is 0 Å². The molecule has 0 saturated heterocycles. The van der Waals surface area contributed by atoms with Crippen molar-refractivity contribution in [1.29, 1.82) is 0 Å². The minimum Gasteiger partial charge on any atom is -0.487 e. The summed E-state index contributed by atoms with van der Waals surface area (Å²) >= 11 is 0. The summed E-state index contributed by atoms with van der Waals surface area (Å²) in [6.45, 7) is 0.624. The minimum atomic E-state index is -0.292. The molecule has 2 unspecified atom stereocenters. The van der Waals surface area contributed by atoms with E-state index in [2.05, 4.69) is 0 Å². The molecule has 1 aromatic rings. The van der Waals surface area contributed by atoms with E-state index in [1.54, 1.807) is 18.2 Å². The van der Waals surface area contributed by atoms with Crippen molar-refractivity contribution in [3.8, 4) is 5.75 Å². The number of nitrogens with two attached hydrogens (primary N) is 1. The highest BCUT2D eigenvalue weighted by molar-refractivity contribution is 5.24. The summed E-state index contributed by atoms with van der Waals surface area (Å²) in [7, 11) is 0. The number of halogens is 1. The van der Waals surface area contributed by atoms with Gasteiger partial charge >= 0.3 is 0 Å². The fourth-order valence-corrected chi connectivity index (χ4v) is 2.13. The van der Waals surface area contributed by atoms with Crippen LogP contribution in [0.2, 0.25) is 0 Å². The molecule has 2 rings (SSSR count). The number of ether oxygens (including phenoxy) is 1. The van der Waals surface area contributed by atoms with Gasteiger partial charge in [0.25, 0.3) is 0 Å². The Morgan fingerprint density at radius 1 is 1.33 bits per heavy atom. The van der Waals surface area contributed by atoms with Crippen molar-refractivity contribution in [3.05, 3.63) is 30.1 Å². The Labute approximate surface area is 89.2 Å². The predicted octanol–water partition coefficient (Wildman–Crippen LogP) is 2.33. The molecular formula is C12H16FNO. The molecule has 0 radical (unpaired) electrons. The Morgan fingerprint density at radius 3 is 2.87 bits per heavy atom. The van der Waals surface area contributed by atoms with Crippen molar-refractivity contribution in [2.24, 2.45) is 11.7 Å². The van der Waals surface area contributed by atoms with Crippen molar-refractivity contribution in [2.45, 2.75) is 25.4 Å². The van der Waals surface area contributed by atoms with E-state index in [4.69, 9.17) is 10.5 Å². The molecule has 82 valence electrons. The zero-order chi connectivity index (χ0) is 10.7. The number of benzene rings is 1. The average molecular weight is 209 g/mol. The molecule has 3 heteroatoms. The number of rotatable bonds is 3. The molecule has 1 aromatic carbocycles. The maximum atomic E-state index is 13.3. The van der Waals surface area contributed by atoms with Gasteiger partial charge in [-0.2, -0.15) is 0 Å². The molecule has 2 N–H and O–H groups in total. The van der Waals surface area contributed by atoms with E-state index in [0.717, 1.165) is 19.3 Å². The van der Waals surface area contributed by atoms with Gasteiger partial charge < -0.3 is 10.5 Å². The van der Waals surface area contributed by atoms with E-state index in [9.17, 15) is 4.39 Å². The molecule has 0 amide bonds. The Balaban J connectivity index is 2.05. The van der Waals surface area contributed by atoms with Crippen LogP contribution in [-0.4, -0.2) is 12.6 Å². The van der Waals surface area contributed by atoms with Gasteiger partial charge in [0, 0.05) is 5.92 Å². The van der Waals surface area contributed by atoms with E-state index in [-0.39, 0.29) is 11.9 Å². The second kappa shape index (κ2) is 4.62. The second-order valence-electron chi connectivity index (χ2n) is 4.01. The fraction of sp³-hybridized carbons (Fsp3) is 0.500. The third-order valence-electron chi connectivity index (χ3n) is 3.01. The molecule has 2 atom stereocenters. The summed E-state index contributed by atoms with van der Waals surface area (Å²) < 4.78 is 19.0. The Hall–Kier alpha value is -1.09. The first-order chi connectivity index (χ1) is 7.31. The summed E-state index contributed by atoms with van der Waals surface area (Å²) in [6.07, 6.45) is 3.29. The summed E-state index contributed by atoms with van der Waals surface area (Å²) in [5.41, 5.74) is 5.64. The van der Waals surface area contributed by atoms with Crippen LogP contribution in [0, 0.1) is 11.7 Å². The summed E-state index contributed by atoms with van der Waals surface area (Å²) in [4.78, 5) is 0. The summed E-state index contributed by atoms with van der Waals surface area (Å²) in [5.74, 6) is 0.438. The molecule has 0 bridgehead atoms. The summed E-state index contributed by atoms with van der Waals surface area (Å²) in [5, 5.41) is 0. The van der Waals surface area contributed by atoms with E-state index in [1.807, 2.05) is 0 Å². The zero-order valence-electron chi connectivity index (χ0n) is 8.66. The van der Waals surface area contributed by atoms with Crippen LogP contribution in [0.1, 0.15) is 19.3 Å². The lowest BCUT2D eigenvalue weighted by Gasteiger charge is -2.20. The van der Waals surface area contributed by atoms with Gasteiger partial charge in [0.1, 0.15) is 6.10 Å². The van der Waals surface area contributed by atoms with Gasteiger partial charge in [-0.15, -0.1) is 0 Å². The molecule has 0 aliphatic heterocycles. The maximum Gasteiger partial charge on any atom is 0.165 e. The smallest absolute Gasteiger partial charge is 0.165 e. The average Bonchev–Trinajstić information content (AvgIpc) is 2.69. The van der Waals surface area contributed by atoms with Crippen LogP contribution in [0.5, 0.6) is 5.75 Å². The molecule has 1 aliphatic carbocycles. The topological polar surface area (TPSA) is 35.2 Å². The van der Waals surface area contributed by atoms with Gasteiger partial charge in [-0.25, -0.2) is 4.39 Å². The SMILES string of the molecule is NCC1CCCC1Oc1ccccc1F. The van der Waals surface area contributed by atoms with Crippen molar-refractivity contribution in [3.63, 3.8) is 0 Å². The van der Waals surface area contributed by atoms with Crippen LogP contribution in [-0.2, 0) is 0 Å². The highest BCUT2D eigenvalue weighted by Crippen LogP contribution is 2.29. The fourth-order valence-electron chi connectivity index (χ4n) is 2.13. The van der Waals surface area contributed by atoms with Gasteiger partial charge in [0.15, 0.2) is 11.6 Å². The maximum absolute atomic E-state index is 13.3. The van der Waals surface area contributed by atoms with Crippen LogP contribution in [0.3, 0.4) is 0 Å². The van der Waals surface area contributed by atoms with Gasteiger partial charge in [-0.1, -0.05) is 12.1 Å². The van der Waals surface area contributed by atoms with Crippen LogP contribution in [0.4, 0.5) is 4.39 Å². The normalized spacial score (nSPS) is 25.5. The van der Waals surface area contributed by atoms with Crippen molar-refractivity contribution in [1.82, 2.24) is 0 Å². The first-order valence-electron chi connectivity index (χ1n) is 5.42. The standard InChI is InChI=1S/C12H16FNO/c13-10-5-1-2-6-12(10)15-11-7-3-4-9(11)8-14/h1-2,5-6,9,11H,3-4,7-8,14H2. The molecule has 1 aliphatic rings. The number of hydrogen-bond acceptors (Lipinski definition) is 2. The number of hydrogen-bond donors (Lipinski definition) is 1. The monoisotopic (exact) mass is 209 g/mol. The molecule has 1 saturated carbocycles. The van der Waals surface area contributed by atoms with Crippen LogP contribution >= 0.6 is 0 Å². The predicted molar refractivity (Wildman–Crippen MR) is 57.2 cm³/mol. The lowest BCUT2D eigenvalue weighted by Crippen LogP contribution is -2.27. The molecule has 0 spiro atoms. The van der Waals surface area contributed by atoms with Crippen LogP contribution in [0.15, 0.2) is 24.3 Å². The molecule has 15 heavy (non-hydrogen) atoms. The van der Waals surface area contributed by atoms with Crippen LogP contribution in [0.25, 0.3) is 0 Å². The van der Waals surface area contributed by atoms with Crippen LogP contribution < -0.4 is 10.5 Å². The first-order valence-corrected chi connectivity index (χ1v) is 5.42. The highest BCUT2D eigenvalue weighted by Gasteiger charge is 2.28. The van der Waals surface area contributed by atoms with E-state index in [1.165, 1.54) is 6.07 Å². The lowest BCUT2D eigenvalue weighted by molar-refractivity contribution is 0.155. The van der Waals surface area contributed by atoms with Crippen molar-refractivity contribution in [2.75, 3.05) is 6.54 Å². The van der Waals surface area contributed by atoms with Gasteiger partial charge in [0.2, 0.25) is 0 Å². The van der Waals surface area contributed by atoms with Gasteiger partial charge in [-0.05, 0) is 37.9 Å². The van der Waals surface area contributed by atoms with Crippen molar-refractivity contribution < 1.29 is 9.13 Å². The molecule has 0 aromatic heterocycles. The molecular weight excluding hydrogens is 193 g/mol. The third-order valence-corrected chi connectivity index (χ3v) is 3.01. The molecule has 0 heterocycles. The lowest BCUT2D eigenvalue weighted by atomic mass is 10.1. The van der Waals surface area contributed by atoms with Crippen molar-refractivity contribution >= 4 is 0 Å². The zero-order valence-corrected chi connectivity index (χ0v) is 8.66. The Kier molecular flexibility index (Phi) is 3.21. The third kappa shape index (κ3) is 2.29.